The maximum Gasteiger partial charge on any atom is 0.0325 e. The molecule has 1 aromatic heterocycles. The molecule has 0 atom stereocenters. The highest BCUT2D eigenvalue weighted by Crippen LogP contribution is 2.18. The van der Waals surface area contributed by atoms with E-state index in [1.165, 1.54) is 42.2 Å². The maximum absolute atomic E-state index is 3.42. The first-order valence-corrected chi connectivity index (χ1v) is 7.00. The van der Waals surface area contributed by atoms with Crippen molar-refractivity contribution in [3.63, 3.8) is 0 Å². The van der Waals surface area contributed by atoms with Crippen LogP contribution in [-0.4, -0.2) is 31.6 Å². The highest BCUT2D eigenvalue weighted by atomic mass is 35.5. The third-order valence-electron chi connectivity index (χ3n) is 3.25. The molecule has 1 aliphatic heterocycles. The van der Waals surface area contributed by atoms with Crippen molar-refractivity contribution in [3.8, 4) is 0 Å². The number of nitrogens with zero attached hydrogens (tertiary/aromatic N) is 1. The molecular weight excluding hydrogens is 252 g/mol. The molecule has 1 aliphatic rings. The smallest absolute Gasteiger partial charge is 0.0325 e. The van der Waals surface area contributed by atoms with Crippen molar-refractivity contribution in [1.82, 2.24) is 10.2 Å². The average molecular weight is 275 g/mol. The van der Waals surface area contributed by atoms with E-state index in [0.29, 0.717) is 0 Å². The van der Waals surface area contributed by atoms with Gasteiger partial charge in [-0.2, -0.15) is 0 Å². The Morgan fingerprint density at radius 2 is 2.06 bits per heavy atom. The second-order valence-corrected chi connectivity index (χ2v) is 6.27. The van der Waals surface area contributed by atoms with E-state index in [2.05, 4.69) is 36.3 Å². The summed E-state index contributed by atoms with van der Waals surface area (Å²) >= 11 is 1.92. The number of rotatable bonds is 4. The molecule has 2 nitrogen and oxygen atoms in total. The molecule has 0 spiro atoms. The van der Waals surface area contributed by atoms with E-state index in [1.54, 1.807) is 0 Å². The van der Waals surface area contributed by atoms with Crippen LogP contribution in [0.4, 0.5) is 0 Å². The van der Waals surface area contributed by atoms with Crippen LogP contribution < -0.4 is 5.32 Å². The van der Waals surface area contributed by atoms with Gasteiger partial charge < -0.3 is 10.2 Å². The van der Waals surface area contributed by atoms with E-state index in [-0.39, 0.29) is 12.4 Å². The summed E-state index contributed by atoms with van der Waals surface area (Å²) < 4.78 is 0. The van der Waals surface area contributed by atoms with Gasteiger partial charge in [0.15, 0.2) is 0 Å². The molecule has 0 amide bonds. The van der Waals surface area contributed by atoms with Gasteiger partial charge in [0.2, 0.25) is 0 Å². The Balaban J connectivity index is 0.00000144. The maximum atomic E-state index is 3.42. The molecule has 0 radical (unpaired) electrons. The minimum absolute atomic E-state index is 0. The van der Waals surface area contributed by atoms with Crippen molar-refractivity contribution in [3.05, 3.63) is 21.9 Å². The topological polar surface area (TPSA) is 15.3 Å². The van der Waals surface area contributed by atoms with Crippen LogP contribution in [0.1, 0.15) is 22.6 Å². The first kappa shape index (κ1) is 15.0. The predicted molar refractivity (Wildman–Crippen MR) is 78.2 cm³/mol. The summed E-state index contributed by atoms with van der Waals surface area (Å²) in [6, 6.07) is 4.48. The minimum atomic E-state index is 0. The second-order valence-electron chi connectivity index (χ2n) is 4.90. The number of hydrogen-bond donors (Lipinski definition) is 1. The van der Waals surface area contributed by atoms with Crippen molar-refractivity contribution in [2.45, 2.75) is 26.3 Å². The van der Waals surface area contributed by atoms with Crippen molar-refractivity contribution in [2.75, 3.05) is 26.7 Å². The van der Waals surface area contributed by atoms with Crippen molar-refractivity contribution in [2.24, 2.45) is 5.92 Å². The minimum Gasteiger partial charge on any atom is -0.317 e. The van der Waals surface area contributed by atoms with Crippen LogP contribution in [0.3, 0.4) is 0 Å². The summed E-state index contributed by atoms with van der Waals surface area (Å²) in [6.07, 6.45) is 2.68. The summed E-state index contributed by atoms with van der Waals surface area (Å²) in [4.78, 5) is 5.39. The molecule has 98 valence electrons. The third-order valence-corrected chi connectivity index (χ3v) is 4.24. The lowest BCUT2D eigenvalue weighted by Crippen LogP contribution is -2.34. The van der Waals surface area contributed by atoms with Gasteiger partial charge in [-0.25, -0.2) is 0 Å². The van der Waals surface area contributed by atoms with E-state index in [9.17, 15) is 0 Å². The van der Waals surface area contributed by atoms with Gasteiger partial charge in [0.25, 0.3) is 0 Å². The molecule has 17 heavy (non-hydrogen) atoms. The Kier molecular flexibility index (Phi) is 6.49. The summed E-state index contributed by atoms with van der Waals surface area (Å²) in [5.74, 6) is 0.896. The summed E-state index contributed by atoms with van der Waals surface area (Å²) in [6.45, 7) is 6.95. The number of nitrogens with one attached hydrogen (secondary N) is 1. The van der Waals surface area contributed by atoms with Gasteiger partial charge in [0, 0.05) is 22.8 Å². The Morgan fingerprint density at radius 1 is 1.35 bits per heavy atom. The Hall–Kier alpha value is -0.0900. The van der Waals surface area contributed by atoms with Crippen LogP contribution in [0.25, 0.3) is 0 Å². The molecule has 1 aromatic rings. The molecule has 2 rings (SSSR count). The quantitative estimate of drug-likeness (QED) is 0.908. The standard InChI is InChI=1S/C13H22N2S.ClH/c1-11-3-4-13(16-11)10-15(2)9-12-5-7-14-8-6-12;/h3-4,12,14H,5-10H2,1-2H3;1H. The zero-order chi connectivity index (χ0) is 11.4. The zero-order valence-corrected chi connectivity index (χ0v) is 12.4. The molecule has 1 fully saturated rings. The summed E-state index contributed by atoms with van der Waals surface area (Å²) in [5.41, 5.74) is 0. The van der Waals surface area contributed by atoms with Crippen LogP contribution in [0, 0.1) is 12.8 Å². The largest absolute Gasteiger partial charge is 0.317 e. The SMILES string of the molecule is Cc1ccc(CN(C)CC2CCNCC2)s1.Cl. The molecule has 0 unspecified atom stereocenters. The Labute approximate surface area is 115 Å². The van der Waals surface area contributed by atoms with Crippen LogP contribution >= 0.6 is 23.7 Å². The van der Waals surface area contributed by atoms with Crippen LogP contribution in [0.2, 0.25) is 0 Å². The normalized spacial score (nSPS) is 17.1. The Morgan fingerprint density at radius 3 is 2.65 bits per heavy atom. The number of hydrogen-bond acceptors (Lipinski definition) is 3. The van der Waals surface area contributed by atoms with Crippen LogP contribution in [0.5, 0.6) is 0 Å². The fourth-order valence-corrected chi connectivity index (χ4v) is 3.38. The number of halogens is 1. The average Bonchev–Trinajstić information content (AvgIpc) is 2.65. The van der Waals surface area contributed by atoms with Crippen molar-refractivity contribution in [1.29, 1.82) is 0 Å². The fraction of sp³-hybridized carbons (Fsp3) is 0.692. The molecule has 4 heteroatoms. The van der Waals surface area contributed by atoms with Crippen molar-refractivity contribution < 1.29 is 0 Å². The number of thiophene rings is 1. The molecule has 2 heterocycles. The van der Waals surface area contributed by atoms with E-state index in [0.717, 1.165) is 12.5 Å². The zero-order valence-electron chi connectivity index (χ0n) is 10.7. The van der Waals surface area contributed by atoms with E-state index in [4.69, 9.17) is 0 Å². The molecule has 0 bridgehead atoms. The van der Waals surface area contributed by atoms with Gasteiger partial charge in [-0.05, 0) is 58.0 Å². The fourth-order valence-electron chi connectivity index (χ4n) is 2.41. The van der Waals surface area contributed by atoms with Gasteiger partial charge in [-0.15, -0.1) is 23.7 Å². The first-order chi connectivity index (χ1) is 7.74. The molecule has 1 N–H and O–H groups in total. The third kappa shape index (κ3) is 4.96. The lowest BCUT2D eigenvalue weighted by Gasteiger charge is -2.27. The molecule has 0 aromatic carbocycles. The molecule has 0 saturated carbocycles. The molecule has 1 saturated heterocycles. The van der Waals surface area contributed by atoms with Crippen molar-refractivity contribution >= 4 is 23.7 Å². The van der Waals surface area contributed by atoms with Gasteiger partial charge >= 0.3 is 0 Å². The number of piperidine rings is 1. The van der Waals surface area contributed by atoms with E-state index >= 15 is 0 Å². The highest BCUT2D eigenvalue weighted by molar-refractivity contribution is 7.11. The summed E-state index contributed by atoms with van der Waals surface area (Å²) in [5, 5.41) is 3.42. The number of aryl methyl sites for hydroxylation is 1. The predicted octanol–water partition coefficient (Wildman–Crippen LogP) is 2.91. The van der Waals surface area contributed by atoms with Crippen LogP contribution in [-0.2, 0) is 6.54 Å². The van der Waals surface area contributed by atoms with Gasteiger partial charge in [0.1, 0.15) is 0 Å². The Bertz CT molecular complexity index is 321. The lowest BCUT2D eigenvalue weighted by atomic mass is 9.98. The monoisotopic (exact) mass is 274 g/mol. The molecule has 0 aliphatic carbocycles. The highest BCUT2D eigenvalue weighted by Gasteiger charge is 2.15. The second kappa shape index (κ2) is 7.37. The van der Waals surface area contributed by atoms with E-state index in [1.807, 2.05) is 11.3 Å². The van der Waals surface area contributed by atoms with Crippen LogP contribution in [0.15, 0.2) is 12.1 Å². The van der Waals surface area contributed by atoms with Gasteiger partial charge in [0.05, 0.1) is 0 Å². The van der Waals surface area contributed by atoms with E-state index < -0.39 is 0 Å². The summed E-state index contributed by atoms with van der Waals surface area (Å²) in [7, 11) is 2.25. The lowest BCUT2D eigenvalue weighted by molar-refractivity contribution is 0.236. The van der Waals surface area contributed by atoms with Gasteiger partial charge in [-0.3, -0.25) is 0 Å². The first-order valence-electron chi connectivity index (χ1n) is 6.18. The van der Waals surface area contributed by atoms with Gasteiger partial charge in [-0.1, -0.05) is 0 Å². The molecular formula is C13H23ClN2S.